The van der Waals surface area contributed by atoms with E-state index in [0.717, 1.165) is 23.1 Å². The molecule has 1 aromatic heterocycles. The van der Waals surface area contributed by atoms with Crippen LogP contribution in [0, 0.1) is 5.92 Å². The molecule has 0 aliphatic carbocycles. The Morgan fingerprint density at radius 2 is 2.37 bits per heavy atom. The van der Waals surface area contributed by atoms with Gasteiger partial charge >= 0.3 is 0 Å². The van der Waals surface area contributed by atoms with Crippen LogP contribution in [0.1, 0.15) is 38.0 Å². The molecule has 1 aromatic rings. The van der Waals surface area contributed by atoms with Gasteiger partial charge in [-0.1, -0.05) is 6.92 Å². The van der Waals surface area contributed by atoms with Gasteiger partial charge in [0.2, 0.25) is 0 Å². The van der Waals surface area contributed by atoms with E-state index in [-0.39, 0.29) is 17.4 Å². The second-order valence-corrected chi connectivity index (χ2v) is 8.20. The minimum Gasteiger partial charge on any atom is -0.387 e. The van der Waals surface area contributed by atoms with Crippen molar-refractivity contribution >= 4 is 25.8 Å². The number of rotatable bonds is 5. The summed E-state index contributed by atoms with van der Waals surface area (Å²) >= 11 is 3.40. The molecule has 2 atom stereocenters. The van der Waals surface area contributed by atoms with E-state index in [4.69, 9.17) is 0 Å². The van der Waals surface area contributed by atoms with Crippen LogP contribution in [0.15, 0.2) is 10.7 Å². The Hall–Kier alpha value is -0.400. The molecule has 1 saturated heterocycles. The summed E-state index contributed by atoms with van der Waals surface area (Å²) in [6.07, 6.45) is 3.08. The molecule has 7 heteroatoms. The van der Waals surface area contributed by atoms with Gasteiger partial charge in [-0.2, -0.15) is 5.10 Å². The maximum absolute atomic E-state index is 11.4. The van der Waals surface area contributed by atoms with Crippen LogP contribution in [-0.4, -0.2) is 34.8 Å². The zero-order valence-corrected chi connectivity index (χ0v) is 13.3. The van der Waals surface area contributed by atoms with Crippen molar-refractivity contribution in [2.24, 2.45) is 5.92 Å². The van der Waals surface area contributed by atoms with E-state index in [1.165, 1.54) is 0 Å². The molecule has 19 heavy (non-hydrogen) atoms. The number of aromatic nitrogens is 2. The fourth-order valence-corrected chi connectivity index (χ4v) is 5.02. The average molecular weight is 351 g/mol. The van der Waals surface area contributed by atoms with Gasteiger partial charge in [0.15, 0.2) is 9.84 Å². The second-order valence-electron chi connectivity index (χ2n) is 5.12. The summed E-state index contributed by atoms with van der Waals surface area (Å²) < 4.78 is 25.5. The molecule has 0 amide bonds. The Kier molecular flexibility index (Phi) is 4.68. The molecule has 0 aromatic carbocycles. The molecule has 1 fully saturated rings. The molecule has 1 aliphatic rings. The van der Waals surface area contributed by atoms with Gasteiger partial charge in [-0.25, -0.2) is 8.42 Å². The predicted octanol–water partition coefficient (Wildman–Crippen LogP) is 1.91. The normalized spacial score (nSPS) is 23.6. The van der Waals surface area contributed by atoms with Crippen LogP contribution in [0.4, 0.5) is 0 Å². The van der Waals surface area contributed by atoms with E-state index in [2.05, 4.69) is 28.0 Å². The lowest BCUT2D eigenvalue weighted by Gasteiger charge is -2.16. The molecular formula is C12H19BrN2O3S. The fourth-order valence-electron chi connectivity index (χ4n) is 2.58. The molecule has 0 spiro atoms. The van der Waals surface area contributed by atoms with Crippen molar-refractivity contribution in [3.63, 3.8) is 0 Å². The zero-order chi connectivity index (χ0) is 14.0. The van der Waals surface area contributed by atoms with Gasteiger partial charge in [0, 0.05) is 6.54 Å². The third-order valence-electron chi connectivity index (χ3n) is 3.47. The minimum atomic E-state index is -2.89. The van der Waals surface area contributed by atoms with Gasteiger partial charge in [-0.15, -0.1) is 0 Å². The molecule has 0 bridgehead atoms. The van der Waals surface area contributed by atoms with E-state index in [1.54, 1.807) is 10.9 Å². The summed E-state index contributed by atoms with van der Waals surface area (Å²) in [5.41, 5.74) is 0.756. The van der Waals surface area contributed by atoms with Crippen molar-refractivity contribution in [2.45, 2.75) is 38.8 Å². The van der Waals surface area contributed by atoms with Gasteiger partial charge in [-0.05, 0) is 41.1 Å². The van der Waals surface area contributed by atoms with Crippen LogP contribution in [-0.2, 0) is 16.4 Å². The van der Waals surface area contributed by atoms with Gasteiger partial charge < -0.3 is 5.11 Å². The summed E-state index contributed by atoms with van der Waals surface area (Å²) in [7, 11) is -2.89. The van der Waals surface area contributed by atoms with Crippen molar-refractivity contribution in [3.8, 4) is 0 Å². The topological polar surface area (TPSA) is 72.2 Å². The van der Waals surface area contributed by atoms with Crippen LogP contribution in [0.5, 0.6) is 0 Å². The van der Waals surface area contributed by atoms with Gasteiger partial charge in [-0.3, -0.25) is 4.68 Å². The Morgan fingerprint density at radius 1 is 1.63 bits per heavy atom. The molecule has 5 nitrogen and oxygen atoms in total. The molecule has 108 valence electrons. The Labute approximate surface area is 122 Å². The van der Waals surface area contributed by atoms with Crippen molar-refractivity contribution in [1.29, 1.82) is 0 Å². The predicted molar refractivity (Wildman–Crippen MR) is 76.6 cm³/mol. The SMILES string of the molecule is CCCn1ncc(Br)c1C(O)CC1CCS(=O)(=O)C1. The molecule has 2 unspecified atom stereocenters. The fraction of sp³-hybridized carbons (Fsp3) is 0.750. The number of nitrogens with zero attached hydrogens (tertiary/aromatic N) is 2. The highest BCUT2D eigenvalue weighted by Gasteiger charge is 2.31. The van der Waals surface area contributed by atoms with Crippen molar-refractivity contribution < 1.29 is 13.5 Å². The first-order valence-corrected chi connectivity index (χ1v) is 9.14. The molecule has 1 N–H and O–H groups in total. The van der Waals surface area contributed by atoms with Crippen LogP contribution in [0.2, 0.25) is 0 Å². The van der Waals surface area contributed by atoms with Gasteiger partial charge in [0.1, 0.15) is 0 Å². The lowest BCUT2D eigenvalue weighted by Crippen LogP contribution is -2.14. The summed E-state index contributed by atoms with van der Waals surface area (Å²) in [4.78, 5) is 0. The van der Waals surface area contributed by atoms with Crippen LogP contribution < -0.4 is 0 Å². The van der Waals surface area contributed by atoms with Gasteiger partial charge in [0.05, 0.1) is 34.0 Å². The smallest absolute Gasteiger partial charge is 0.150 e. The zero-order valence-electron chi connectivity index (χ0n) is 10.9. The number of aliphatic hydroxyl groups excluding tert-OH is 1. The van der Waals surface area contributed by atoms with Crippen LogP contribution >= 0.6 is 15.9 Å². The highest BCUT2D eigenvalue weighted by molar-refractivity contribution is 9.10. The highest BCUT2D eigenvalue weighted by Crippen LogP contribution is 2.32. The first kappa shape index (κ1) is 15.0. The highest BCUT2D eigenvalue weighted by atomic mass is 79.9. The van der Waals surface area contributed by atoms with Crippen molar-refractivity contribution in [1.82, 2.24) is 9.78 Å². The maximum atomic E-state index is 11.4. The van der Waals surface area contributed by atoms with E-state index < -0.39 is 15.9 Å². The molecule has 2 rings (SSSR count). The standard InChI is InChI=1S/C12H19BrN2O3S/c1-2-4-15-12(10(13)7-14-15)11(16)6-9-3-5-19(17,18)8-9/h7,9,11,16H,2-6,8H2,1H3. The monoisotopic (exact) mass is 350 g/mol. The Morgan fingerprint density at radius 3 is 2.95 bits per heavy atom. The quantitative estimate of drug-likeness (QED) is 0.880. The molecular weight excluding hydrogens is 332 g/mol. The van der Waals surface area contributed by atoms with E-state index >= 15 is 0 Å². The number of sulfone groups is 1. The first-order valence-electron chi connectivity index (χ1n) is 6.52. The van der Waals surface area contributed by atoms with E-state index in [1.807, 2.05) is 0 Å². The van der Waals surface area contributed by atoms with Gasteiger partial charge in [0.25, 0.3) is 0 Å². The van der Waals surface area contributed by atoms with Crippen LogP contribution in [0.25, 0.3) is 0 Å². The number of halogens is 1. The summed E-state index contributed by atoms with van der Waals surface area (Å²) in [6, 6.07) is 0. The molecule has 0 saturated carbocycles. The minimum absolute atomic E-state index is 0.0527. The third kappa shape index (κ3) is 3.58. The Bertz CT molecular complexity index is 541. The summed E-state index contributed by atoms with van der Waals surface area (Å²) in [5, 5.41) is 14.6. The first-order chi connectivity index (χ1) is 8.93. The lowest BCUT2D eigenvalue weighted by atomic mass is 9.99. The number of aliphatic hydroxyl groups is 1. The second kappa shape index (κ2) is 5.93. The van der Waals surface area contributed by atoms with Crippen molar-refractivity contribution in [3.05, 3.63) is 16.4 Å². The number of hydrogen-bond acceptors (Lipinski definition) is 4. The maximum Gasteiger partial charge on any atom is 0.150 e. The largest absolute Gasteiger partial charge is 0.387 e. The summed E-state index contributed by atoms with van der Waals surface area (Å²) in [6.45, 7) is 2.80. The van der Waals surface area contributed by atoms with E-state index in [9.17, 15) is 13.5 Å². The summed E-state index contributed by atoms with van der Waals surface area (Å²) in [5.74, 6) is 0.500. The lowest BCUT2D eigenvalue weighted by molar-refractivity contribution is 0.137. The molecule has 2 heterocycles. The molecule has 1 aliphatic heterocycles. The van der Waals surface area contributed by atoms with E-state index in [0.29, 0.717) is 12.8 Å². The number of hydrogen-bond donors (Lipinski definition) is 1. The van der Waals surface area contributed by atoms with Crippen LogP contribution in [0.3, 0.4) is 0 Å². The third-order valence-corrected chi connectivity index (χ3v) is 5.92. The average Bonchev–Trinajstić information content (AvgIpc) is 2.83. The number of aryl methyl sites for hydroxylation is 1. The van der Waals surface area contributed by atoms with Crippen molar-refractivity contribution in [2.75, 3.05) is 11.5 Å². The molecule has 0 radical (unpaired) electrons. The Balaban J connectivity index is 2.08.